The van der Waals surface area contributed by atoms with Crippen molar-refractivity contribution in [3.8, 4) is 0 Å². The Morgan fingerprint density at radius 2 is 2.00 bits per heavy atom. The van der Waals surface area contributed by atoms with Gasteiger partial charge in [0.1, 0.15) is 10.7 Å². The van der Waals surface area contributed by atoms with Crippen LogP contribution in [0, 0.1) is 11.7 Å². The van der Waals surface area contributed by atoms with E-state index in [0.717, 1.165) is 18.6 Å². The van der Waals surface area contributed by atoms with Gasteiger partial charge in [0.15, 0.2) is 0 Å². The van der Waals surface area contributed by atoms with Crippen LogP contribution in [0.25, 0.3) is 0 Å². The summed E-state index contributed by atoms with van der Waals surface area (Å²) in [6.45, 7) is 4.36. The first-order valence-corrected chi connectivity index (χ1v) is 8.95. The Hall–Kier alpha value is -0.850. The van der Waals surface area contributed by atoms with Crippen LogP contribution in [-0.4, -0.2) is 32.8 Å². The van der Waals surface area contributed by atoms with Gasteiger partial charge in [0.2, 0.25) is 0 Å². The molecule has 118 valence electrons. The highest BCUT2D eigenvalue weighted by atomic mass is 35.7. The summed E-state index contributed by atoms with van der Waals surface area (Å²) in [5.74, 6) is -1.26. The van der Waals surface area contributed by atoms with E-state index in [-0.39, 0.29) is 16.5 Å². The van der Waals surface area contributed by atoms with Crippen molar-refractivity contribution in [2.24, 2.45) is 5.92 Å². The topological polar surface area (TPSA) is 54.5 Å². The number of carbonyl (C=O) groups is 1. The Morgan fingerprint density at radius 3 is 2.48 bits per heavy atom. The lowest BCUT2D eigenvalue weighted by molar-refractivity contribution is 0.0770. The average molecular weight is 356 g/mol. The van der Waals surface area contributed by atoms with Crippen molar-refractivity contribution < 1.29 is 17.6 Å². The molecule has 0 spiro atoms. The second-order valence-corrected chi connectivity index (χ2v) is 7.84. The van der Waals surface area contributed by atoms with Gasteiger partial charge in [-0.05, 0) is 18.1 Å². The Bertz CT molecular complexity index is 649. The maximum absolute atomic E-state index is 13.9. The number of hydrogen-bond donors (Lipinski definition) is 0. The molecule has 1 atom stereocenters. The summed E-state index contributed by atoms with van der Waals surface area (Å²) in [4.78, 5) is 13.1. The lowest BCUT2D eigenvalue weighted by atomic mass is 10.1. The van der Waals surface area contributed by atoms with E-state index in [9.17, 15) is 17.6 Å². The SMILES string of the molecule is CCC(C)CN(C)C(=O)c1cc(S(=O)(=O)Cl)c(Cl)cc1F. The fourth-order valence-electron chi connectivity index (χ4n) is 1.77. The zero-order valence-corrected chi connectivity index (χ0v) is 14.2. The third-order valence-corrected chi connectivity index (χ3v) is 4.93. The van der Waals surface area contributed by atoms with Crippen LogP contribution in [0.4, 0.5) is 4.39 Å². The second kappa shape index (κ2) is 6.94. The van der Waals surface area contributed by atoms with Crippen molar-refractivity contribution in [3.05, 3.63) is 28.5 Å². The number of amides is 1. The highest BCUT2D eigenvalue weighted by Gasteiger charge is 2.23. The van der Waals surface area contributed by atoms with Crippen molar-refractivity contribution >= 4 is 37.2 Å². The van der Waals surface area contributed by atoms with E-state index < -0.39 is 25.7 Å². The highest BCUT2D eigenvalue weighted by Crippen LogP contribution is 2.28. The van der Waals surface area contributed by atoms with Crippen molar-refractivity contribution in [1.82, 2.24) is 4.90 Å². The standard InChI is InChI=1S/C13H16Cl2FNO3S/c1-4-8(2)7-17(3)13(18)9-5-12(21(15,19)20)10(14)6-11(9)16/h5-6,8H,4,7H2,1-3H3. The van der Waals surface area contributed by atoms with Crippen LogP contribution in [0.1, 0.15) is 30.6 Å². The van der Waals surface area contributed by atoms with Crippen molar-refractivity contribution in [1.29, 1.82) is 0 Å². The molecule has 4 nitrogen and oxygen atoms in total. The number of carbonyl (C=O) groups excluding carboxylic acids is 1. The average Bonchev–Trinajstić information content (AvgIpc) is 2.36. The summed E-state index contributed by atoms with van der Waals surface area (Å²) in [6, 6.07) is 1.65. The van der Waals surface area contributed by atoms with Gasteiger partial charge in [-0.1, -0.05) is 31.9 Å². The van der Waals surface area contributed by atoms with E-state index in [1.807, 2.05) is 13.8 Å². The summed E-state index contributed by atoms with van der Waals surface area (Å²) >= 11 is 5.65. The minimum Gasteiger partial charge on any atom is -0.341 e. The zero-order valence-electron chi connectivity index (χ0n) is 11.9. The van der Waals surface area contributed by atoms with Crippen LogP contribution in [0.15, 0.2) is 17.0 Å². The van der Waals surface area contributed by atoms with Gasteiger partial charge < -0.3 is 4.90 Å². The Balaban J connectivity index is 3.22. The molecule has 0 saturated carbocycles. The maximum Gasteiger partial charge on any atom is 0.262 e. The van der Waals surface area contributed by atoms with Gasteiger partial charge in [-0.2, -0.15) is 0 Å². The van der Waals surface area contributed by atoms with Crippen LogP contribution in [-0.2, 0) is 9.05 Å². The molecule has 8 heteroatoms. The fourth-order valence-corrected chi connectivity index (χ4v) is 3.27. The molecule has 0 aliphatic heterocycles. The largest absolute Gasteiger partial charge is 0.341 e. The predicted molar refractivity (Wildman–Crippen MR) is 80.9 cm³/mol. The first kappa shape index (κ1) is 18.2. The number of rotatable bonds is 5. The molecule has 0 radical (unpaired) electrons. The van der Waals surface area contributed by atoms with Gasteiger partial charge in [0, 0.05) is 24.3 Å². The molecular weight excluding hydrogens is 340 g/mol. The van der Waals surface area contributed by atoms with Crippen molar-refractivity contribution in [2.75, 3.05) is 13.6 Å². The number of hydrogen-bond acceptors (Lipinski definition) is 3. The predicted octanol–water partition coefficient (Wildman–Crippen LogP) is 3.52. The number of nitrogens with zero attached hydrogens (tertiary/aromatic N) is 1. The maximum atomic E-state index is 13.9. The van der Waals surface area contributed by atoms with E-state index in [1.54, 1.807) is 0 Å². The molecule has 1 amide bonds. The molecule has 1 aromatic rings. The van der Waals surface area contributed by atoms with E-state index in [0.29, 0.717) is 6.54 Å². The number of benzene rings is 1. The van der Waals surface area contributed by atoms with Gasteiger partial charge in [-0.3, -0.25) is 4.79 Å². The number of halogens is 3. The van der Waals surface area contributed by atoms with Gasteiger partial charge >= 0.3 is 0 Å². The molecule has 21 heavy (non-hydrogen) atoms. The van der Waals surface area contributed by atoms with E-state index >= 15 is 0 Å². The lowest BCUT2D eigenvalue weighted by Gasteiger charge is -2.21. The van der Waals surface area contributed by atoms with Gasteiger partial charge in [0.25, 0.3) is 15.0 Å². The smallest absolute Gasteiger partial charge is 0.262 e. The Kier molecular flexibility index (Phi) is 6.01. The molecular formula is C13H16Cl2FNO3S. The molecule has 1 aromatic carbocycles. The van der Waals surface area contributed by atoms with Crippen molar-refractivity contribution in [3.63, 3.8) is 0 Å². The van der Waals surface area contributed by atoms with Crippen LogP contribution < -0.4 is 0 Å². The molecule has 0 fully saturated rings. The summed E-state index contributed by atoms with van der Waals surface area (Å²) in [6.07, 6.45) is 0.863. The second-order valence-electron chi connectivity index (χ2n) is 4.90. The van der Waals surface area contributed by atoms with Gasteiger partial charge in [-0.25, -0.2) is 12.8 Å². The summed E-state index contributed by atoms with van der Waals surface area (Å²) in [5.41, 5.74) is -0.371. The quantitative estimate of drug-likeness (QED) is 0.759. The van der Waals surface area contributed by atoms with E-state index in [4.69, 9.17) is 22.3 Å². The van der Waals surface area contributed by atoms with Crippen molar-refractivity contribution in [2.45, 2.75) is 25.2 Å². The molecule has 0 aromatic heterocycles. The molecule has 1 unspecified atom stereocenters. The lowest BCUT2D eigenvalue weighted by Crippen LogP contribution is -2.31. The minimum atomic E-state index is -4.16. The van der Waals surface area contributed by atoms with E-state index in [2.05, 4.69) is 0 Å². The molecule has 1 rings (SSSR count). The van der Waals surface area contributed by atoms with E-state index in [1.165, 1.54) is 11.9 Å². The molecule has 0 aliphatic rings. The first-order valence-electron chi connectivity index (χ1n) is 6.27. The fraction of sp³-hybridized carbons (Fsp3) is 0.462. The van der Waals surface area contributed by atoms with Crippen LogP contribution in [0.3, 0.4) is 0 Å². The third-order valence-electron chi connectivity index (χ3n) is 3.14. The molecule has 0 N–H and O–H groups in total. The van der Waals surface area contributed by atoms with Crippen LogP contribution in [0.2, 0.25) is 5.02 Å². The molecule has 0 bridgehead atoms. The monoisotopic (exact) mass is 355 g/mol. The minimum absolute atomic E-state index is 0.241. The molecule has 0 saturated heterocycles. The zero-order chi connectivity index (χ0) is 16.4. The van der Waals surface area contributed by atoms with Crippen LogP contribution in [0.5, 0.6) is 0 Å². The summed E-state index contributed by atoms with van der Waals surface area (Å²) in [7, 11) is 2.59. The summed E-state index contributed by atoms with van der Waals surface area (Å²) in [5, 5.41) is -0.358. The van der Waals surface area contributed by atoms with Crippen LogP contribution >= 0.6 is 22.3 Å². The normalized spacial score (nSPS) is 13.0. The Labute approximate surface area is 133 Å². The molecule has 0 aliphatic carbocycles. The summed E-state index contributed by atoms with van der Waals surface area (Å²) < 4.78 is 36.6. The van der Waals surface area contributed by atoms with Gasteiger partial charge in [0.05, 0.1) is 10.6 Å². The highest BCUT2D eigenvalue weighted by molar-refractivity contribution is 8.13. The first-order chi connectivity index (χ1) is 9.57. The molecule has 0 heterocycles. The third kappa shape index (κ3) is 4.56. The van der Waals surface area contributed by atoms with Gasteiger partial charge in [-0.15, -0.1) is 0 Å². The Morgan fingerprint density at radius 1 is 1.43 bits per heavy atom.